The van der Waals surface area contributed by atoms with Gasteiger partial charge in [0.05, 0.1) is 25.4 Å². The molecule has 6 nitrogen and oxygen atoms in total. The van der Waals surface area contributed by atoms with Gasteiger partial charge in [0.2, 0.25) is 11.8 Å². The van der Waals surface area contributed by atoms with Gasteiger partial charge in [0, 0.05) is 37.6 Å². The number of likely N-dealkylation sites (tertiary alicyclic amines) is 1. The summed E-state index contributed by atoms with van der Waals surface area (Å²) in [6, 6.07) is 18.0. The van der Waals surface area contributed by atoms with Crippen molar-refractivity contribution in [3.05, 3.63) is 77.4 Å². The first-order chi connectivity index (χ1) is 17.0. The number of nitrogens with zero attached hydrogens (tertiary/aromatic N) is 1. The molecule has 2 amide bonds. The molecule has 1 N–H and O–H groups in total. The second kappa shape index (κ2) is 11.2. The topological polar surface area (TPSA) is 67.9 Å². The van der Waals surface area contributed by atoms with E-state index >= 15 is 0 Å². The number of fused-ring (bicyclic) bond motifs is 2. The number of benzene rings is 2. The third-order valence-electron chi connectivity index (χ3n) is 7.27. The number of carbonyl (C=O) groups is 2. The molecular formula is C29H36N2O4. The van der Waals surface area contributed by atoms with Gasteiger partial charge in [-0.3, -0.25) is 9.59 Å². The molecule has 2 aromatic rings. The van der Waals surface area contributed by atoms with Crippen LogP contribution in [-0.2, 0) is 24.5 Å². The number of piperidine rings is 1. The van der Waals surface area contributed by atoms with Gasteiger partial charge in [0.15, 0.2) is 0 Å². The standard InChI is InChI=1S/C29H36N2O4/c1-21(2)28(33)30-26-23-11-7-8-12-24(23)29(27(26)35-20-19-34-3)15-17-31(18-16-29)25(32)14-13-22-9-5-4-6-10-22/h4-14,21,26-27H,15-20H2,1-3H3,(H,30,33)/b14-13+/t26-,27+/m0/s1. The largest absolute Gasteiger partial charge is 0.382 e. The quantitative estimate of drug-likeness (QED) is 0.460. The molecule has 1 spiro atoms. The second-order valence-electron chi connectivity index (χ2n) is 9.74. The Morgan fingerprint density at radius 3 is 2.43 bits per heavy atom. The van der Waals surface area contributed by atoms with Gasteiger partial charge in [0.1, 0.15) is 0 Å². The molecular weight excluding hydrogens is 440 g/mol. The summed E-state index contributed by atoms with van der Waals surface area (Å²) in [6.45, 7) is 6.03. The molecule has 35 heavy (non-hydrogen) atoms. The average Bonchev–Trinajstić information content (AvgIpc) is 3.12. The Morgan fingerprint density at radius 2 is 1.74 bits per heavy atom. The van der Waals surface area contributed by atoms with Crippen LogP contribution in [0.25, 0.3) is 6.08 Å². The van der Waals surface area contributed by atoms with Crippen LogP contribution in [0.2, 0.25) is 0 Å². The lowest BCUT2D eigenvalue weighted by atomic mass is 9.71. The maximum Gasteiger partial charge on any atom is 0.246 e. The number of amides is 2. The first-order valence-corrected chi connectivity index (χ1v) is 12.5. The van der Waals surface area contributed by atoms with E-state index in [2.05, 4.69) is 23.5 Å². The summed E-state index contributed by atoms with van der Waals surface area (Å²) >= 11 is 0. The predicted molar refractivity (Wildman–Crippen MR) is 137 cm³/mol. The molecule has 0 unspecified atom stereocenters. The summed E-state index contributed by atoms with van der Waals surface area (Å²) in [6.07, 6.45) is 4.87. The van der Waals surface area contributed by atoms with Crippen LogP contribution in [0.3, 0.4) is 0 Å². The first-order valence-electron chi connectivity index (χ1n) is 12.5. The van der Waals surface area contributed by atoms with E-state index in [-0.39, 0.29) is 35.3 Å². The molecule has 0 saturated carbocycles. The number of nitrogens with one attached hydrogen (secondary N) is 1. The van der Waals surface area contributed by atoms with Crippen LogP contribution in [-0.4, -0.2) is 56.2 Å². The zero-order valence-electron chi connectivity index (χ0n) is 20.9. The molecule has 1 aliphatic heterocycles. The lowest BCUT2D eigenvalue weighted by Crippen LogP contribution is -2.52. The Hall–Kier alpha value is -2.96. The molecule has 1 saturated heterocycles. The van der Waals surface area contributed by atoms with Crippen LogP contribution in [0.4, 0.5) is 0 Å². The summed E-state index contributed by atoms with van der Waals surface area (Å²) < 4.78 is 11.7. The number of rotatable bonds is 8. The second-order valence-corrected chi connectivity index (χ2v) is 9.74. The third kappa shape index (κ3) is 5.34. The Morgan fingerprint density at radius 1 is 1.06 bits per heavy atom. The zero-order chi connectivity index (χ0) is 24.8. The minimum atomic E-state index is -0.265. The zero-order valence-corrected chi connectivity index (χ0v) is 20.9. The molecule has 186 valence electrons. The lowest BCUT2D eigenvalue weighted by Gasteiger charge is -2.44. The average molecular weight is 477 g/mol. The van der Waals surface area contributed by atoms with Crippen molar-refractivity contribution in [1.29, 1.82) is 0 Å². The van der Waals surface area contributed by atoms with E-state index in [0.717, 1.165) is 24.0 Å². The van der Waals surface area contributed by atoms with Gasteiger partial charge < -0.3 is 19.7 Å². The van der Waals surface area contributed by atoms with Gasteiger partial charge in [-0.05, 0) is 35.6 Å². The fourth-order valence-electron chi connectivity index (χ4n) is 5.36. The number of carbonyl (C=O) groups excluding carboxylic acids is 2. The predicted octanol–water partition coefficient (Wildman–Crippen LogP) is 4.12. The minimum Gasteiger partial charge on any atom is -0.382 e. The summed E-state index contributed by atoms with van der Waals surface area (Å²) in [5, 5.41) is 3.26. The lowest BCUT2D eigenvalue weighted by molar-refractivity contribution is -0.130. The fourth-order valence-corrected chi connectivity index (χ4v) is 5.36. The van der Waals surface area contributed by atoms with Crippen molar-refractivity contribution in [3.8, 4) is 0 Å². The molecule has 2 aromatic carbocycles. The highest BCUT2D eigenvalue weighted by molar-refractivity contribution is 5.91. The van der Waals surface area contributed by atoms with Crippen molar-refractivity contribution in [2.45, 2.75) is 44.2 Å². The molecule has 4 rings (SSSR count). The number of hydrogen-bond donors (Lipinski definition) is 1. The van der Waals surface area contributed by atoms with E-state index in [1.807, 2.05) is 61.2 Å². The van der Waals surface area contributed by atoms with Gasteiger partial charge in [-0.25, -0.2) is 0 Å². The van der Waals surface area contributed by atoms with Gasteiger partial charge in [-0.15, -0.1) is 0 Å². The maximum atomic E-state index is 12.9. The molecule has 0 aromatic heterocycles. The SMILES string of the molecule is COCCO[C@@H]1[C@@H](NC(=O)C(C)C)c2ccccc2C12CCN(C(=O)/C=C/c1ccccc1)CC2. The van der Waals surface area contributed by atoms with Crippen LogP contribution in [0, 0.1) is 5.92 Å². The smallest absolute Gasteiger partial charge is 0.246 e. The van der Waals surface area contributed by atoms with E-state index < -0.39 is 0 Å². The Bertz CT molecular complexity index is 1040. The molecule has 1 aliphatic carbocycles. The Labute approximate surface area is 208 Å². The van der Waals surface area contributed by atoms with Crippen molar-refractivity contribution in [1.82, 2.24) is 10.2 Å². The van der Waals surface area contributed by atoms with E-state index in [1.165, 1.54) is 5.56 Å². The van der Waals surface area contributed by atoms with E-state index in [9.17, 15) is 9.59 Å². The Balaban J connectivity index is 1.56. The van der Waals surface area contributed by atoms with Gasteiger partial charge >= 0.3 is 0 Å². The summed E-state index contributed by atoms with van der Waals surface area (Å²) in [4.78, 5) is 27.6. The van der Waals surface area contributed by atoms with Crippen molar-refractivity contribution in [2.24, 2.45) is 5.92 Å². The van der Waals surface area contributed by atoms with Crippen molar-refractivity contribution in [3.63, 3.8) is 0 Å². The fraction of sp³-hybridized carbons (Fsp3) is 0.448. The van der Waals surface area contributed by atoms with Crippen LogP contribution in [0.15, 0.2) is 60.7 Å². The maximum absolute atomic E-state index is 12.9. The molecule has 2 aliphatic rings. The van der Waals surface area contributed by atoms with Crippen LogP contribution < -0.4 is 5.32 Å². The van der Waals surface area contributed by atoms with Gasteiger partial charge in [-0.2, -0.15) is 0 Å². The molecule has 2 atom stereocenters. The molecule has 1 heterocycles. The normalized spacial score (nSPS) is 21.0. The van der Waals surface area contributed by atoms with Crippen molar-refractivity contribution < 1.29 is 19.1 Å². The number of ether oxygens (including phenoxy) is 2. The number of hydrogen-bond acceptors (Lipinski definition) is 4. The van der Waals surface area contributed by atoms with Crippen LogP contribution in [0.1, 0.15) is 49.4 Å². The summed E-state index contributed by atoms with van der Waals surface area (Å²) in [7, 11) is 1.66. The van der Waals surface area contributed by atoms with E-state index in [0.29, 0.717) is 26.3 Å². The molecule has 0 bridgehead atoms. The third-order valence-corrected chi connectivity index (χ3v) is 7.27. The highest BCUT2D eigenvalue weighted by atomic mass is 16.5. The number of methoxy groups -OCH3 is 1. The van der Waals surface area contributed by atoms with E-state index in [1.54, 1.807) is 13.2 Å². The van der Waals surface area contributed by atoms with Crippen LogP contribution >= 0.6 is 0 Å². The molecule has 1 fully saturated rings. The highest BCUT2D eigenvalue weighted by Gasteiger charge is 2.54. The summed E-state index contributed by atoms with van der Waals surface area (Å²) in [5.74, 6) is -0.0773. The van der Waals surface area contributed by atoms with Gasteiger partial charge in [0.25, 0.3) is 0 Å². The molecule has 6 heteroatoms. The monoisotopic (exact) mass is 476 g/mol. The minimum absolute atomic E-state index is 0.0147. The first kappa shape index (κ1) is 25.1. The van der Waals surface area contributed by atoms with Crippen molar-refractivity contribution >= 4 is 17.9 Å². The summed E-state index contributed by atoms with van der Waals surface area (Å²) in [5.41, 5.74) is 3.09. The van der Waals surface area contributed by atoms with Crippen molar-refractivity contribution in [2.75, 3.05) is 33.4 Å². The van der Waals surface area contributed by atoms with Gasteiger partial charge in [-0.1, -0.05) is 68.4 Å². The molecule has 0 radical (unpaired) electrons. The highest BCUT2D eigenvalue weighted by Crippen LogP contribution is 2.52. The van der Waals surface area contributed by atoms with Crippen LogP contribution in [0.5, 0.6) is 0 Å². The van der Waals surface area contributed by atoms with E-state index in [4.69, 9.17) is 9.47 Å². The Kier molecular flexibility index (Phi) is 8.04.